The fourth-order valence-electron chi connectivity index (χ4n) is 3.91. The Labute approximate surface area is 165 Å². The lowest BCUT2D eigenvalue weighted by molar-refractivity contribution is 0.288. The summed E-state index contributed by atoms with van der Waals surface area (Å²) >= 11 is 0. The molecule has 0 spiro atoms. The zero-order valence-electron chi connectivity index (χ0n) is 15.8. The van der Waals surface area contributed by atoms with Crippen LogP contribution >= 0.6 is 0 Å². The number of aliphatic hydroxyl groups is 1. The SMILES string of the molecule is OCCCc1c[nH]c(C(c2ccccc2)(c2ccccc2)c2ccccc2)n1. The molecule has 0 unspecified atom stereocenters. The molecular formula is C25H24N2O. The average molecular weight is 368 g/mol. The minimum absolute atomic E-state index is 0.170. The Kier molecular flexibility index (Phi) is 5.36. The highest BCUT2D eigenvalue weighted by molar-refractivity contribution is 5.56. The van der Waals surface area contributed by atoms with Gasteiger partial charge in [-0.15, -0.1) is 0 Å². The number of hydrogen-bond donors (Lipinski definition) is 2. The molecule has 28 heavy (non-hydrogen) atoms. The van der Waals surface area contributed by atoms with Crippen LogP contribution < -0.4 is 0 Å². The first-order valence-corrected chi connectivity index (χ1v) is 9.68. The van der Waals surface area contributed by atoms with Crippen LogP contribution in [-0.2, 0) is 11.8 Å². The van der Waals surface area contributed by atoms with Crippen molar-refractivity contribution in [1.82, 2.24) is 9.97 Å². The Hall–Kier alpha value is -3.17. The van der Waals surface area contributed by atoms with Crippen molar-refractivity contribution in [3.63, 3.8) is 0 Å². The standard InChI is InChI=1S/C25H24N2O/c28-18-10-17-23-19-26-24(27-23)25(20-11-4-1-5-12-20,21-13-6-2-7-14-21)22-15-8-3-9-16-22/h1-9,11-16,19,28H,10,17-18H2,(H,26,27). The van der Waals surface area contributed by atoms with Crippen LogP contribution in [0.15, 0.2) is 97.2 Å². The maximum absolute atomic E-state index is 9.19. The van der Waals surface area contributed by atoms with E-state index < -0.39 is 5.41 Å². The molecule has 0 bridgehead atoms. The van der Waals surface area contributed by atoms with E-state index in [1.807, 2.05) is 24.4 Å². The van der Waals surface area contributed by atoms with E-state index in [0.29, 0.717) is 6.42 Å². The van der Waals surface area contributed by atoms with Crippen LogP contribution in [0.25, 0.3) is 0 Å². The Bertz CT molecular complexity index is 898. The summed E-state index contributed by atoms with van der Waals surface area (Å²) in [5.41, 5.74) is 3.92. The van der Waals surface area contributed by atoms with Crippen molar-refractivity contribution < 1.29 is 5.11 Å². The van der Waals surface area contributed by atoms with Crippen molar-refractivity contribution in [3.05, 3.63) is 125 Å². The summed E-state index contributed by atoms with van der Waals surface area (Å²) in [7, 11) is 0. The molecule has 1 aromatic heterocycles. The molecule has 0 aliphatic rings. The predicted octanol–water partition coefficient (Wildman–Crippen LogP) is 4.72. The van der Waals surface area contributed by atoms with Crippen molar-refractivity contribution in [2.24, 2.45) is 0 Å². The van der Waals surface area contributed by atoms with Crippen LogP contribution in [0.1, 0.15) is 34.6 Å². The van der Waals surface area contributed by atoms with Crippen LogP contribution in [0.4, 0.5) is 0 Å². The third kappa shape index (κ3) is 3.25. The van der Waals surface area contributed by atoms with Crippen molar-refractivity contribution in [3.8, 4) is 0 Å². The number of imidazole rings is 1. The van der Waals surface area contributed by atoms with Gasteiger partial charge >= 0.3 is 0 Å². The maximum Gasteiger partial charge on any atom is 0.126 e. The number of aryl methyl sites for hydroxylation is 1. The van der Waals surface area contributed by atoms with Gasteiger partial charge in [-0.3, -0.25) is 0 Å². The number of nitrogens with one attached hydrogen (secondary N) is 1. The highest BCUT2D eigenvalue weighted by Crippen LogP contribution is 2.43. The highest BCUT2D eigenvalue weighted by atomic mass is 16.2. The van der Waals surface area contributed by atoms with Crippen molar-refractivity contribution >= 4 is 0 Å². The number of aliphatic hydroxyl groups excluding tert-OH is 1. The fraction of sp³-hybridized carbons (Fsp3) is 0.160. The second-order valence-corrected chi connectivity index (χ2v) is 6.92. The summed E-state index contributed by atoms with van der Waals surface area (Å²) in [6.45, 7) is 0.170. The minimum Gasteiger partial charge on any atom is -0.396 e. The molecule has 0 aliphatic carbocycles. The first-order valence-electron chi connectivity index (χ1n) is 9.68. The number of rotatable bonds is 7. The second kappa shape index (κ2) is 8.24. The van der Waals surface area contributed by atoms with Gasteiger partial charge in [-0.25, -0.2) is 4.98 Å². The molecule has 3 heteroatoms. The number of benzene rings is 3. The minimum atomic E-state index is -0.540. The lowest BCUT2D eigenvalue weighted by Crippen LogP contribution is -2.32. The van der Waals surface area contributed by atoms with E-state index >= 15 is 0 Å². The van der Waals surface area contributed by atoms with Gasteiger partial charge in [0.05, 0.1) is 5.69 Å². The first-order chi connectivity index (χ1) is 13.9. The third-order valence-electron chi connectivity index (χ3n) is 5.20. The maximum atomic E-state index is 9.19. The van der Waals surface area contributed by atoms with E-state index in [1.54, 1.807) is 0 Å². The summed E-state index contributed by atoms with van der Waals surface area (Å²) in [6, 6.07) is 31.5. The monoisotopic (exact) mass is 368 g/mol. The van der Waals surface area contributed by atoms with Gasteiger partial charge in [-0.1, -0.05) is 91.0 Å². The topological polar surface area (TPSA) is 48.9 Å². The molecule has 4 rings (SSSR count). The average Bonchev–Trinajstić information content (AvgIpc) is 3.24. The Morgan fingerprint density at radius 3 is 1.61 bits per heavy atom. The van der Waals surface area contributed by atoms with Crippen LogP contribution in [0.5, 0.6) is 0 Å². The van der Waals surface area contributed by atoms with Gasteiger partial charge in [0.2, 0.25) is 0 Å². The smallest absolute Gasteiger partial charge is 0.126 e. The largest absolute Gasteiger partial charge is 0.396 e. The van der Waals surface area contributed by atoms with E-state index in [1.165, 1.54) is 0 Å². The van der Waals surface area contributed by atoms with Crippen LogP contribution in [0.3, 0.4) is 0 Å². The molecule has 0 atom stereocenters. The Balaban J connectivity index is 2.00. The molecule has 0 amide bonds. The fourth-order valence-corrected chi connectivity index (χ4v) is 3.91. The van der Waals surface area contributed by atoms with Gasteiger partial charge in [-0.05, 0) is 29.5 Å². The summed E-state index contributed by atoms with van der Waals surface area (Å²) in [6.07, 6.45) is 3.43. The third-order valence-corrected chi connectivity index (χ3v) is 5.20. The molecule has 1 heterocycles. The predicted molar refractivity (Wildman–Crippen MR) is 112 cm³/mol. The molecule has 0 radical (unpaired) electrons. The van der Waals surface area contributed by atoms with E-state index in [4.69, 9.17) is 4.98 Å². The van der Waals surface area contributed by atoms with Crippen molar-refractivity contribution in [1.29, 1.82) is 0 Å². The van der Waals surface area contributed by atoms with Crippen molar-refractivity contribution in [2.45, 2.75) is 18.3 Å². The number of nitrogens with zero attached hydrogens (tertiary/aromatic N) is 1. The number of hydrogen-bond acceptors (Lipinski definition) is 2. The molecule has 140 valence electrons. The molecule has 3 nitrogen and oxygen atoms in total. The van der Waals surface area contributed by atoms with Gasteiger partial charge in [0.1, 0.15) is 11.2 Å². The zero-order chi connectivity index (χ0) is 19.2. The van der Waals surface area contributed by atoms with Gasteiger partial charge in [-0.2, -0.15) is 0 Å². The molecule has 0 saturated heterocycles. The number of aromatic nitrogens is 2. The summed E-state index contributed by atoms with van der Waals surface area (Å²) in [4.78, 5) is 8.44. The van der Waals surface area contributed by atoms with E-state index in [9.17, 15) is 5.11 Å². The van der Waals surface area contributed by atoms with Gasteiger partial charge in [0.25, 0.3) is 0 Å². The highest BCUT2D eigenvalue weighted by Gasteiger charge is 2.40. The molecule has 0 saturated carbocycles. The van der Waals surface area contributed by atoms with Crippen molar-refractivity contribution in [2.75, 3.05) is 6.61 Å². The number of aromatic amines is 1. The van der Waals surface area contributed by atoms with E-state index in [0.717, 1.165) is 34.6 Å². The van der Waals surface area contributed by atoms with Crippen LogP contribution in [0, 0.1) is 0 Å². The normalized spacial score (nSPS) is 11.5. The van der Waals surface area contributed by atoms with Gasteiger partial charge in [0.15, 0.2) is 0 Å². The van der Waals surface area contributed by atoms with E-state index in [-0.39, 0.29) is 6.61 Å². The lowest BCUT2D eigenvalue weighted by atomic mass is 9.69. The first kappa shape index (κ1) is 18.2. The van der Waals surface area contributed by atoms with Gasteiger partial charge < -0.3 is 10.1 Å². The summed E-state index contributed by atoms with van der Waals surface area (Å²) in [5, 5.41) is 9.19. The Morgan fingerprint density at radius 2 is 1.18 bits per heavy atom. The van der Waals surface area contributed by atoms with Crippen LogP contribution in [-0.4, -0.2) is 21.7 Å². The second-order valence-electron chi connectivity index (χ2n) is 6.92. The zero-order valence-corrected chi connectivity index (χ0v) is 15.8. The Morgan fingerprint density at radius 1 is 0.714 bits per heavy atom. The number of H-pyrrole nitrogens is 1. The lowest BCUT2D eigenvalue weighted by Gasteiger charge is -2.34. The quantitative estimate of drug-likeness (QED) is 0.464. The summed E-state index contributed by atoms with van der Waals surface area (Å²) < 4.78 is 0. The molecule has 3 aromatic carbocycles. The van der Waals surface area contributed by atoms with Crippen LogP contribution in [0.2, 0.25) is 0 Å². The molecule has 4 aromatic rings. The molecule has 0 fully saturated rings. The molecular weight excluding hydrogens is 344 g/mol. The van der Waals surface area contributed by atoms with E-state index in [2.05, 4.69) is 77.8 Å². The molecule has 2 N–H and O–H groups in total. The van der Waals surface area contributed by atoms with Gasteiger partial charge in [0, 0.05) is 12.8 Å². The molecule has 0 aliphatic heterocycles. The summed E-state index contributed by atoms with van der Waals surface area (Å²) in [5.74, 6) is 0.893.